The molecule has 6 heteroatoms. The van der Waals surface area contributed by atoms with Gasteiger partial charge in [0.25, 0.3) is 0 Å². The predicted molar refractivity (Wildman–Crippen MR) is 54.8 cm³/mol. The van der Waals surface area contributed by atoms with Crippen LogP contribution in [0.5, 0.6) is 5.75 Å². The maximum Gasteiger partial charge on any atom is 0.306 e. The monoisotopic (exact) mass is 222 g/mol. The normalized spacial score (nSPS) is 10.6. The minimum atomic E-state index is -0.988. The second kappa shape index (κ2) is 3.41. The van der Waals surface area contributed by atoms with Gasteiger partial charge in [-0.2, -0.15) is 4.39 Å². The van der Waals surface area contributed by atoms with E-state index in [9.17, 15) is 19.6 Å². The molecule has 2 aromatic rings. The zero-order chi connectivity index (χ0) is 11.9. The number of nitro benzene ring substituents is 1. The molecule has 1 heterocycles. The van der Waals surface area contributed by atoms with Gasteiger partial charge in [0.05, 0.1) is 10.4 Å². The van der Waals surface area contributed by atoms with Gasteiger partial charge in [-0.1, -0.05) is 0 Å². The Morgan fingerprint density at radius 2 is 2.12 bits per heavy atom. The number of fused-ring (bicyclic) bond motifs is 1. The van der Waals surface area contributed by atoms with E-state index >= 15 is 0 Å². The van der Waals surface area contributed by atoms with Crippen molar-refractivity contribution in [2.75, 3.05) is 0 Å². The highest BCUT2D eigenvalue weighted by Crippen LogP contribution is 2.29. The minimum Gasteiger partial charge on any atom is -0.507 e. The van der Waals surface area contributed by atoms with E-state index in [1.54, 1.807) is 6.92 Å². The molecular weight excluding hydrogens is 215 g/mol. The molecular formula is C10H7FN2O3. The summed E-state index contributed by atoms with van der Waals surface area (Å²) in [6.07, 6.45) is 0. The highest BCUT2D eigenvalue weighted by Gasteiger charge is 2.17. The van der Waals surface area contributed by atoms with Gasteiger partial charge in [-0.05, 0) is 13.0 Å². The molecule has 1 aromatic heterocycles. The van der Waals surface area contributed by atoms with Crippen molar-refractivity contribution in [2.45, 2.75) is 6.92 Å². The van der Waals surface area contributed by atoms with E-state index in [4.69, 9.17) is 0 Å². The molecule has 1 N–H and O–H groups in total. The van der Waals surface area contributed by atoms with E-state index in [0.29, 0.717) is 5.69 Å². The first kappa shape index (κ1) is 10.3. The van der Waals surface area contributed by atoms with E-state index < -0.39 is 16.4 Å². The van der Waals surface area contributed by atoms with Crippen molar-refractivity contribution in [3.8, 4) is 5.75 Å². The number of hydrogen-bond acceptors (Lipinski definition) is 4. The average molecular weight is 222 g/mol. The van der Waals surface area contributed by atoms with Crippen LogP contribution in [0.15, 0.2) is 18.2 Å². The molecule has 2 rings (SSSR count). The molecule has 0 spiro atoms. The first-order chi connectivity index (χ1) is 7.49. The fourth-order valence-electron chi connectivity index (χ4n) is 1.49. The molecule has 5 nitrogen and oxygen atoms in total. The first-order valence-electron chi connectivity index (χ1n) is 4.43. The van der Waals surface area contributed by atoms with Crippen molar-refractivity contribution >= 4 is 16.6 Å². The first-order valence-corrected chi connectivity index (χ1v) is 4.43. The van der Waals surface area contributed by atoms with Crippen LogP contribution in [-0.4, -0.2) is 15.0 Å². The number of nitrogens with zero attached hydrogens (tertiary/aromatic N) is 2. The Bertz CT molecular complexity index is 598. The Balaban J connectivity index is 2.84. The Kier molecular flexibility index (Phi) is 2.19. The molecule has 0 aliphatic heterocycles. The van der Waals surface area contributed by atoms with Gasteiger partial charge < -0.3 is 5.11 Å². The number of nitro groups is 1. The zero-order valence-corrected chi connectivity index (χ0v) is 8.27. The van der Waals surface area contributed by atoms with Crippen molar-refractivity contribution in [2.24, 2.45) is 0 Å². The molecule has 0 saturated heterocycles. The number of halogens is 1. The third-order valence-corrected chi connectivity index (χ3v) is 2.18. The Labute approximate surface area is 89.3 Å². The number of benzene rings is 1. The van der Waals surface area contributed by atoms with Crippen molar-refractivity contribution in [3.05, 3.63) is 39.8 Å². The number of aryl methyl sites for hydroxylation is 1. The Morgan fingerprint density at radius 3 is 2.75 bits per heavy atom. The quantitative estimate of drug-likeness (QED) is 0.593. The fraction of sp³-hybridized carbons (Fsp3) is 0.100. The number of hydrogen-bond donors (Lipinski definition) is 1. The van der Waals surface area contributed by atoms with E-state index in [0.717, 1.165) is 12.1 Å². The van der Waals surface area contributed by atoms with Gasteiger partial charge in [-0.3, -0.25) is 15.1 Å². The van der Waals surface area contributed by atoms with Crippen molar-refractivity contribution in [1.82, 2.24) is 4.98 Å². The molecule has 0 aliphatic carbocycles. The van der Waals surface area contributed by atoms with Crippen molar-refractivity contribution in [3.63, 3.8) is 0 Å². The fourth-order valence-corrected chi connectivity index (χ4v) is 1.49. The summed E-state index contributed by atoms with van der Waals surface area (Å²) in [4.78, 5) is 13.7. The summed E-state index contributed by atoms with van der Waals surface area (Å²) in [6.45, 7) is 1.63. The molecule has 0 radical (unpaired) electrons. The van der Waals surface area contributed by atoms with Crippen LogP contribution in [0.4, 0.5) is 10.1 Å². The summed E-state index contributed by atoms with van der Waals surface area (Å²) in [5.74, 6) is -1.13. The van der Waals surface area contributed by atoms with Crippen LogP contribution in [0.25, 0.3) is 10.9 Å². The molecule has 0 bridgehead atoms. The smallest absolute Gasteiger partial charge is 0.306 e. The summed E-state index contributed by atoms with van der Waals surface area (Å²) in [5.41, 5.74) is 0.0570. The van der Waals surface area contributed by atoms with Gasteiger partial charge in [0.15, 0.2) is 0 Å². The van der Waals surface area contributed by atoms with Gasteiger partial charge in [-0.25, -0.2) is 0 Å². The van der Waals surface area contributed by atoms with Gasteiger partial charge in [0, 0.05) is 23.2 Å². The van der Waals surface area contributed by atoms with Crippen LogP contribution in [0.3, 0.4) is 0 Å². The van der Waals surface area contributed by atoms with E-state index in [1.807, 2.05) is 0 Å². The van der Waals surface area contributed by atoms with Gasteiger partial charge in [-0.15, -0.1) is 0 Å². The molecule has 0 saturated carbocycles. The van der Waals surface area contributed by atoms with E-state index in [2.05, 4.69) is 4.98 Å². The van der Waals surface area contributed by atoms with E-state index in [-0.39, 0.29) is 16.7 Å². The maximum absolute atomic E-state index is 13.3. The molecule has 82 valence electrons. The van der Waals surface area contributed by atoms with Crippen LogP contribution >= 0.6 is 0 Å². The molecule has 0 aliphatic rings. The molecule has 0 unspecified atom stereocenters. The van der Waals surface area contributed by atoms with Crippen LogP contribution in [0.2, 0.25) is 0 Å². The zero-order valence-electron chi connectivity index (χ0n) is 8.27. The molecule has 1 aromatic carbocycles. The molecule has 0 atom stereocenters. The second-order valence-electron chi connectivity index (χ2n) is 3.36. The van der Waals surface area contributed by atoms with E-state index in [1.165, 1.54) is 6.07 Å². The summed E-state index contributed by atoms with van der Waals surface area (Å²) in [7, 11) is 0. The summed E-state index contributed by atoms with van der Waals surface area (Å²) >= 11 is 0. The number of aromatic hydroxyl groups is 1. The van der Waals surface area contributed by atoms with Crippen molar-refractivity contribution < 1.29 is 14.4 Å². The molecule has 0 fully saturated rings. The van der Waals surface area contributed by atoms with Crippen LogP contribution in [-0.2, 0) is 0 Å². The second-order valence-corrected chi connectivity index (χ2v) is 3.36. The standard InChI is InChI=1S/C10H7FN2O3/c1-5-2-10(14)6-3-7(11)9(13(15)16)4-8(6)12-5/h2-4H,1H3,(H,12,14). The third kappa shape index (κ3) is 1.54. The Morgan fingerprint density at radius 1 is 1.44 bits per heavy atom. The van der Waals surface area contributed by atoms with Gasteiger partial charge in [0.1, 0.15) is 5.75 Å². The molecule has 0 amide bonds. The van der Waals surface area contributed by atoms with Crippen molar-refractivity contribution in [1.29, 1.82) is 0 Å². The lowest BCUT2D eigenvalue weighted by atomic mass is 10.1. The van der Waals surface area contributed by atoms with Crippen LogP contribution in [0, 0.1) is 22.9 Å². The molecule has 16 heavy (non-hydrogen) atoms. The lowest BCUT2D eigenvalue weighted by molar-refractivity contribution is -0.387. The highest BCUT2D eigenvalue weighted by molar-refractivity contribution is 5.86. The SMILES string of the molecule is Cc1cc(O)c2cc(F)c([N+](=O)[O-])cc2n1. The predicted octanol–water partition coefficient (Wildman–Crippen LogP) is 2.30. The van der Waals surface area contributed by atoms with Crippen LogP contribution < -0.4 is 0 Å². The summed E-state index contributed by atoms with van der Waals surface area (Å²) < 4.78 is 13.3. The summed E-state index contributed by atoms with van der Waals surface area (Å²) in [5, 5.41) is 20.2. The minimum absolute atomic E-state index is 0.142. The lowest BCUT2D eigenvalue weighted by Crippen LogP contribution is -1.94. The van der Waals surface area contributed by atoms with Gasteiger partial charge in [0.2, 0.25) is 5.82 Å². The summed E-state index contributed by atoms with van der Waals surface area (Å²) in [6, 6.07) is 3.29. The highest BCUT2D eigenvalue weighted by atomic mass is 19.1. The maximum atomic E-state index is 13.3. The number of pyridine rings is 1. The van der Waals surface area contributed by atoms with Gasteiger partial charge >= 0.3 is 5.69 Å². The third-order valence-electron chi connectivity index (χ3n) is 2.18. The Hall–Kier alpha value is -2.24. The number of rotatable bonds is 1. The number of aromatic nitrogens is 1. The lowest BCUT2D eigenvalue weighted by Gasteiger charge is -2.02. The topological polar surface area (TPSA) is 76.3 Å². The van der Waals surface area contributed by atoms with Crippen LogP contribution in [0.1, 0.15) is 5.69 Å². The average Bonchev–Trinajstić information content (AvgIpc) is 2.18. The largest absolute Gasteiger partial charge is 0.507 e.